The zero-order chi connectivity index (χ0) is 16.4. The molecule has 0 radical (unpaired) electrons. The molecule has 1 heterocycles. The number of benzene rings is 2. The summed E-state index contributed by atoms with van der Waals surface area (Å²) in [5.41, 5.74) is 4.43. The minimum atomic E-state index is -0.798. The molecule has 0 aliphatic carbocycles. The molecule has 0 unspecified atom stereocenters. The van der Waals surface area contributed by atoms with Gasteiger partial charge in [-0.3, -0.25) is 9.69 Å². The number of carbonyl (C=O) groups is 1. The third-order valence-corrected chi connectivity index (χ3v) is 4.49. The van der Waals surface area contributed by atoms with E-state index in [1.807, 2.05) is 29.2 Å². The highest BCUT2D eigenvalue weighted by Gasteiger charge is 2.21. The van der Waals surface area contributed by atoms with Crippen LogP contribution in [0.25, 0.3) is 11.1 Å². The maximum absolute atomic E-state index is 11.0. The minimum absolute atomic E-state index is 0.0596. The van der Waals surface area contributed by atoms with Gasteiger partial charge in [0, 0.05) is 18.7 Å². The smallest absolute Gasteiger partial charge is 0.317 e. The molecule has 23 heavy (non-hydrogen) atoms. The lowest BCUT2D eigenvalue weighted by Gasteiger charge is -2.29. The third-order valence-electron chi connectivity index (χ3n) is 4.18. The lowest BCUT2D eigenvalue weighted by atomic mass is 9.91. The molecular formula is C18H18ClNO3. The van der Waals surface area contributed by atoms with Crippen molar-refractivity contribution in [3.63, 3.8) is 0 Å². The average molecular weight is 332 g/mol. The van der Waals surface area contributed by atoms with Gasteiger partial charge >= 0.3 is 5.97 Å². The second-order valence-corrected chi connectivity index (χ2v) is 6.05. The fourth-order valence-electron chi connectivity index (χ4n) is 3.06. The van der Waals surface area contributed by atoms with Crippen LogP contribution in [0.4, 0.5) is 0 Å². The second kappa shape index (κ2) is 6.60. The number of fused-ring (bicyclic) bond motifs is 1. The van der Waals surface area contributed by atoms with Crippen LogP contribution in [-0.2, 0) is 17.8 Å². The summed E-state index contributed by atoms with van der Waals surface area (Å²) in [6.07, 6.45) is 0.851. The Hall–Kier alpha value is -2.04. The molecule has 2 aromatic rings. The molecule has 1 N–H and O–H groups in total. The molecular weight excluding hydrogens is 314 g/mol. The van der Waals surface area contributed by atoms with Gasteiger partial charge < -0.3 is 9.84 Å². The van der Waals surface area contributed by atoms with Gasteiger partial charge in [-0.05, 0) is 41.3 Å². The van der Waals surface area contributed by atoms with Gasteiger partial charge in [-0.15, -0.1) is 0 Å². The highest BCUT2D eigenvalue weighted by Crippen LogP contribution is 2.36. The Morgan fingerprint density at radius 2 is 2.13 bits per heavy atom. The summed E-state index contributed by atoms with van der Waals surface area (Å²) in [5.74, 6) is -0.0792. The molecule has 0 fully saturated rings. The molecule has 0 spiro atoms. The molecule has 2 aromatic carbocycles. The normalized spacial score (nSPS) is 14.3. The van der Waals surface area contributed by atoms with Crippen LogP contribution in [0, 0.1) is 0 Å². The molecule has 1 aliphatic rings. The number of halogens is 1. The molecule has 0 saturated heterocycles. The predicted octanol–water partition coefficient (Wildman–Crippen LogP) is 3.46. The number of carboxylic acids is 1. The van der Waals surface area contributed by atoms with Gasteiger partial charge in [0.05, 0.1) is 18.7 Å². The number of aliphatic carboxylic acids is 1. The quantitative estimate of drug-likeness (QED) is 0.932. The van der Waals surface area contributed by atoms with E-state index in [2.05, 4.69) is 6.07 Å². The topological polar surface area (TPSA) is 49.8 Å². The van der Waals surface area contributed by atoms with E-state index < -0.39 is 5.97 Å². The van der Waals surface area contributed by atoms with Gasteiger partial charge in [0.15, 0.2) is 0 Å². The summed E-state index contributed by atoms with van der Waals surface area (Å²) in [5, 5.41) is 9.66. The summed E-state index contributed by atoms with van der Waals surface area (Å²) in [4.78, 5) is 12.9. The van der Waals surface area contributed by atoms with Crippen molar-refractivity contribution in [2.24, 2.45) is 0 Å². The van der Waals surface area contributed by atoms with E-state index in [0.29, 0.717) is 11.6 Å². The van der Waals surface area contributed by atoms with Crippen LogP contribution in [0.3, 0.4) is 0 Å². The Kier molecular flexibility index (Phi) is 4.55. The lowest BCUT2D eigenvalue weighted by Crippen LogP contribution is -2.35. The first kappa shape index (κ1) is 15.8. The van der Waals surface area contributed by atoms with E-state index in [0.717, 1.165) is 35.4 Å². The molecule has 4 nitrogen and oxygen atoms in total. The van der Waals surface area contributed by atoms with Gasteiger partial charge in [-0.2, -0.15) is 0 Å². The SMILES string of the molecule is COc1ccc(-c2cccc3c2CN(CC(=O)O)CC3)c(Cl)c1. The lowest BCUT2D eigenvalue weighted by molar-refractivity contribution is -0.138. The number of carboxylic acid groups (broad SMARTS) is 1. The molecule has 0 bridgehead atoms. The van der Waals surface area contributed by atoms with Crippen molar-refractivity contribution in [1.29, 1.82) is 0 Å². The van der Waals surface area contributed by atoms with Gasteiger partial charge in [0.1, 0.15) is 5.75 Å². The Labute approximate surface area is 140 Å². The molecule has 0 amide bonds. The van der Waals surface area contributed by atoms with Crippen molar-refractivity contribution >= 4 is 17.6 Å². The summed E-state index contributed by atoms with van der Waals surface area (Å²) in [7, 11) is 1.61. The molecule has 0 atom stereocenters. The third kappa shape index (κ3) is 3.33. The van der Waals surface area contributed by atoms with Crippen LogP contribution in [0.1, 0.15) is 11.1 Å². The Morgan fingerprint density at radius 1 is 1.30 bits per heavy atom. The molecule has 5 heteroatoms. The van der Waals surface area contributed by atoms with Crippen LogP contribution in [-0.4, -0.2) is 36.2 Å². The van der Waals surface area contributed by atoms with Gasteiger partial charge in [0.2, 0.25) is 0 Å². The monoisotopic (exact) mass is 331 g/mol. The second-order valence-electron chi connectivity index (χ2n) is 5.64. The van der Waals surface area contributed by atoms with Crippen LogP contribution < -0.4 is 4.74 Å². The number of rotatable bonds is 4. The maximum atomic E-state index is 11.0. The molecule has 3 rings (SSSR count). The summed E-state index contributed by atoms with van der Waals surface area (Å²) in [6.45, 7) is 1.45. The Balaban J connectivity index is 2.00. The van der Waals surface area contributed by atoms with Gasteiger partial charge in [-0.25, -0.2) is 0 Å². The number of hydrogen-bond acceptors (Lipinski definition) is 3. The largest absolute Gasteiger partial charge is 0.497 e. The molecule has 1 aliphatic heterocycles. The minimum Gasteiger partial charge on any atom is -0.497 e. The van der Waals surface area contributed by atoms with Gasteiger partial charge in [-0.1, -0.05) is 29.8 Å². The molecule has 0 aromatic heterocycles. The van der Waals surface area contributed by atoms with Crippen molar-refractivity contribution < 1.29 is 14.6 Å². The van der Waals surface area contributed by atoms with Crippen LogP contribution in [0.15, 0.2) is 36.4 Å². The fourth-order valence-corrected chi connectivity index (χ4v) is 3.33. The van der Waals surface area contributed by atoms with Crippen molar-refractivity contribution in [2.45, 2.75) is 13.0 Å². The molecule has 120 valence electrons. The number of hydrogen-bond donors (Lipinski definition) is 1. The zero-order valence-corrected chi connectivity index (χ0v) is 13.6. The summed E-state index contributed by atoms with van der Waals surface area (Å²) >= 11 is 6.42. The molecule has 0 saturated carbocycles. The van der Waals surface area contributed by atoms with E-state index in [-0.39, 0.29) is 6.54 Å². The van der Waals surface area contributed by atoms with Crippen molar-refractivity contribution in [1.82, 2.24) is 4.90 Å². The van der Waals surface area contributed by atoms with Crippen molar-refractivity contribution in [3.05, 3.63) is 52.5 Å². The average Bonchev–Trinajstić information content (AvgIpc) is 2.54. The Bertz CT molecular complexity index is 745. The summed E-state index contributed by atoms with van der Waals surface area (Å²) in [6, 6.07) is 11.8. The first-order valence-electron chi connectivity index (χ1n) is 7.47. The van der Waals surface area contributed by atoms with E-state index in [1.165, 1.54) is 5.56 Å². The van der Waals surface area contributed by atoms with Crippen molar-refractivity contribution in [3.8, 4) is 16.9 Å². The first-order chi connectivity index (χ1) is 11.1. The van der Waals surface area contributed by atoms with E-state index >= 15 is 0 Å². The van der Waals surface area contributed by atoms with Crippen LogP contribution in [0.2, 0.25) is 5.02 Å². The fraction of sp³-hybridized carbons (Fsp3) is 0.278. The van der Waals surface area contributed by atoms with Crippen molar-refractivity contribution in [2.75, 3.05) is 20.2 Å². The van der Waals surface area contributed by atoms with Crippen LogP contribution in [0.5, 0.6) is 5.75 Å². The zero-order valence-electron chi connectivity index (χ0n) is 12.9. The Morgan fingerprint density at radius 3 is 2.83 bits per heavy atom. The highest BCUT2D eigenvalue weighted by molar-refractivity contribution is 6.33. The highest BCUT2D eigenvalue weighted by atomic mass is 35.5. The van der Waals surface area contributed by atoms with E-state index in [1.54, 1.807) is 13.2 Å². The van der Waals surface area contributed by atoms with Gasteiger partial charge in [0.25, 0.3) is 0 Å². The number of ether oxygens (including phenoxy) is 1. The summed E-state index contributed by atoms with van der Waals surface area (Å²) < 4.78 is 5.20. The first-order valence-corrected chi connectivity index (χ1v) is 7.85. The van der Waals surface area contributed by atoms with Crippen LogP contribution >= 0.6 is 11.6 Å². The van der Waals surface area contributed by atoms with E-state index in [4.69, 9.17) is 21.4 Å². The van der Waals surface area contributed by atoms with E-state index in [9.17, 15) is 4.79 Å². The maximum Gasteiger partial charge on any atom is 0.317 e. The number of methoxy groups -OCH3 is 1. The standard InChI is InChI=1S/C18H18ClNO3/c1-23-13-5-6-15(17(19)9-13)14-4-2-3-12-7-8-20(10-16(12)14)11-18(21)22/h2-6,9H,7-8,10-11H2,1H3,(H,21,22). The number of nitrogens with zero attached hydrogens (tertiary/aromatic N) is 1. The predicted molar refractivity (Wildman–Crippen MR) is 90.1 cm³/mol.